The first kappa shape index (κ1) is 16.9. The van der Waals surface area contributed by atoms with Crippen LogP contribution in [0.1, 0.15) is 30.7 Å². The number of benzene rings is 2. The van der Waals surface area contributed by atoms with Gasteiger partial charge in [-0.25, -0.2) is 0 Å². The van der Waals surface area contributed by atoms with Crippen LogP contribution in [0.2, 0.25) is 0 Å². The summed E-state index contributed by atoms with van der Waals surface area (Å²) in [5, 5.41) is 6.92. The van der Waals surface area contributed by atoms with Gasteiger partial charge in [-0.3, -0.25) is 4.79 Å². The molecule has 5 nitrogen and oxygen atoms in total. The van der Waals surface area contributed by atoms with Crippen molar-refractivity contribution in [3.05, 3.63) is 72.1 Å². The summed E-state index contributed by atoms with van der Waals surface area (Å²) in [7, 11) is 0. The lowest BCUT2D eigenvalue weighted by molar-refractivity contribution is -0.121. The molecule has 0 saturated carbocycles. The van der Waals surface area contributed by atoms with Crippen molar-refractivity contribution in [2.24, 2.45) is 0 Å². The second-order valence-electron chi connectivity index (χ2n) is 5.99. The third-order valence-corrected chi connectivity index (χ3v) is 4.04. The molecule has 128 valence electrons. The summed E-state index contributed by atoms with van der Waals surface area (Å²) >= 11 is 0. The van der Waals surface area contributed by atoms with E-state index in [1.807, 2.05) is 48.5 Å². The molecule has 0 aliphatic rings. The van der Waals surface area contributed by atoms with E-state index >= 15 is 0 Å². The number of aromatic nitrogens is 2. The van der Waals surface area contributed by atoms with E-state index in [4.69, 9.17) is 4.52 Å². The fourth-order valence-electron chi connectivity index (χ4n) is 2.54. The lowest BCUT2D eigenvalue weighted by atomic mass is 10.0. The summed E-state index contributed by atoms with van der Waals surface area (Å²) in [6.07, 6.45) is 0.767. The number of nitrogens with zero attached hydrogens (tertiary/aromatic N) is 2. The van der Waals surface area contributed by atoms with Gasteiger partial charge in [0, 0.05) is 24.9 Å². The second kappa shape index (κ2) is 8.24. The molecule has 0 saturated heterocycles. The summed E-state index contributed by atoms with van der Waals surface area (Å²) < 4.78 is 5.22. The van der Waals surface area contributed by atoms with Crippen LogP contribution < -0.4 is 5.32 Å². The van der Waals surface area contributed by atoms with Crippen molar-refractivity contribution >= 4 is 5.91 Å². The molecule has 0 bridgehead atoms. The Balaban J connectivity index is 1.46. The highest BCUT2D eigenvalue weighted by Crippen LogP contribution is 2.16. The lowest BCUT2D eigenvalue weighted by Crippen LogP contribution is -2.27. The first-order valence-electron chi connectivity index (χ1n) is 8.42. The number of carbonyl (C=O) groups excluding carboxylic acids is 1. The van der Waals surface area contributed by atoms with E-state index in [0.717, 1.165) is 5.56 Å². The van der Waals surface area contributed by atoms with Crippen LogP contribution in [0.3, 0.4) is 0 Å². The molecule has 1 N–H and O–H groups in total. The molecule has 1 heterocycles. The van der Waals surface area contributed by atoms with Crippen LogP contribution in [-0.4, -0.2) is 22.6 Å². The zero-order valence-corrected chi connectivity index (χ0v) is 14.2. The van der Waals surface area contributed by atoms with Crippen molar-refractivity contribution in [3.63, 3.8) is 0 Å². The van der Waals surface area contributed by atoms with Crippen molar-refractivity contribution in [2.75, 3.05) is 6.54 Å². The van der Waals surface area contributed by atoms with E-state index in [9.17, 15) is 4.79 Å². The van der Waals surface area contributed by atoms with Crippen molar-refractivity contribution in [1.82, 2.24) is 15.5 Å². The predicted octanol–water partition coefficient (Wildman–Crippen LogP) is 3.59. The fourth-order valence-corrected chi connectivity index (χ4v) is 2.54. The van der Waals surface area contributed by atoms with Crippen molar-refractivity contribution < 1.29 is 9.32 Å². The molecule has 0 unspecified atom stereocenters. The van der Waals surface area contributed by atoms with Gasteiger partial charge in [0.15, 0.2) is 0 Å². The van der Waals surface area contributed by atoms with Crippen LogP contribution in [0.5, 0.6) is 0 Å². The van der Waals surface area contributed by atoms with E-state index in [1.54, 1.807) is 0 Å². The molecule has 0 radical (unpaired) electrons. The SMILES string of the molecule is C[C@@H](CNC(=O)CCc1nc(-c2ccccc2)no1)c1ccccc1. The van der Waals surface area contributed by atoms with E-state index in [1.165, 1.54) is 5.56 Å². The van der Waals surface area contributed by atoms with Gasteiger partial charge >= 0.3 is 0 Å². The Labute approximate surface area is 147 Å². The minimum Gasteiger partial charge on any atom is -0.355 e. The number of aryl methyl sites for hydroxylation is 1. The molecule has 3 rings (SSSR count). The molecule has 0 spiro atoms. The summed E-state index contributed by atoms with van der Waals surface area (Å²) in [4.78, 5) is 16.4. The Morgan fingerprint density at radius 2 is 1.76 bits per heavy atom. The number of hydrogen-bond donors (Lipinski definition) is 1. The normalized spacial score (nSPS) is 11.9. The van der Waals surface area contributed by atoms with Crippen LogP contribution in [0, 0.1) is 0 Å². The standard InChI is InChI=1S/C20H21N3O2/c1-15(16-8-4-2-5-9-16)14-21-18(24)12-13-19-22-20(23-25-19)17-10-6-3-7-11-17/h2-11,15H,12-14H2,1H3,(H,21,24)/t15-/m0/s1. The highest BCUT2D eigenvalue weighted by molar-refractivity contribution is 5.76. The Morgan fingerprint density at radius 3 is 2.48 bits per heavy atom. The number of amides is 1. The van der Waals surface area contributed by atoms with Crippen molar-refractivity contribution in [1.29, 1.82) is 0 Å². The largest absolute Gasteiger partial charge is 0.355 e. The highest BCUT2D eigenvalue weighted by atomic mass is 16.5. The molecule has 3 aromatic rings. The first-order chi connectivity index (χ1) is 12.2. The van der Waals surface area contributed by atoms with E-state index in [2.05, 4.69) is 34.5 Å². The molecule has 0 aliphatic carbocycles. The second-order valence-corrected chi connectivity index (χ2v) is 5.99. The van der Waals surface area contributed by atoms with E-state index in [-0.39, 0.29) is 11.8 Å². The molecule has 25 heavy (non-hydrogen) atoms. The minimum atomic E-state index is -0.0118. The molecule has 1 atom stereocenters. The first-order valence-corrected chi connectivity index (χ1v) is 8.42. The number of nitrogens with one attached hydrogen (secondary N) is 1. The van der Waals surface area contributed by atoms with Gasteiger partial charge in [0.2, 0.25) is 17.6 Å². The van der Waals surface area contributed by atoms with Crippen LogP contribution in [-0.2, 0) is 11.2 Å². The highest BCUT2D eigenvalue weighted by Gasteiger charge is 2.11. The van der Waals surface area contributed by atoms with Crippen LogP contribution in [0.4, 0.5) is 0 Å². The van der Waals surface area contributed by atoms with Crippen LogP contribution in [0.15, 0.2) is 65.2 Å². The number of rotatable bonds is 7. The van der Waals surface area contributed by atoms with Crippen LogP contribution in [0.25, 0.3) is 11.4 Å². The molecule has 0 fully saturated rings. The molecule has 5 heteroatoms. The summed E-state index contributed by atoms with van der Waals surface area (Å²) in [6, 6.07) is 19.8. The van der Waals surface area contributed by atoms with Gasteiger partial charge in [0.05, 0.1) is 0 Å². The topological polar surface area (TPSA) is 68.0 Å². The van der Waals surface area contributed by atoms with Gasteiger partial charge in [-0.1, -0.05) is 72.7 Å². The monoisotopic (exact) mass is 335 g/mol. The van der Waals surface area contributed by atoms with Crippen molar-refractivity contribution in [2.45, 2.75) is 25.7 Å². The van der Waals surface area contributed by atoms with E-state index < -0.39 is 0 Å². The number of carbonyl (C=O) groups is 1. The Kier molecular flexibility index (Phi) is 5.57. The van der Waals surface area contributed by atoms with Gasteiger partial charge < -0.3 is 9.84 Å². The Hall–Kier alpha value is -2.95. The quantitative estimate of drug-likeness (QED) is 0.716. The fraction of sp³-hybridized carbons (Fsp3) is 0.250. The Morgan fingerprint density at radius 1 is 1.08 bits per heavy atom. The van der Waals surface area contributed by atoms with Gasteiger partial charge in [-0.15, -0.1) is 0 Å². The predicted molar refractivity (Wildman–Crippen MR) is 95.9 cm³/mol. The summed E-state index contributed by atoms with van der Waals surface area (Å²) in [6.45, 7) is 2.71. The molecular weight excluding hydrogens is 314 g/mol. The van der Waals surface area contributed by atoms with Crippen LogP contribution >= 0.6 is 0 Å². The summed E-state index contributed by atoms with van der Waals surface area (Å²) in [5.74, 6) is 1.29. The maximum absolute atomic E-state index is 12.0. The average Bonchev–Trinajstić information content (AvgIpc) is 3.15. The van der Waals surface area contributed by atoms with Gasteiger partial charge in [0.1, 0.15) is 0 Å². The molecular formula is C20H21N3O2. The molecule has 1 aromatic heterocycles. The van der Waals surface area contributed by atoms with Gasteiger partial charge in [0.25, 0.3) is 0 Å². The molecule has 1 amide bonds. The maximum atomic E-state index is 12.0. The zero-order chi connectivity index (χ0) is 17.5. The number of hydrogen-bond acceptors (Lipinski definition) is 4. The van der Waals surface area contributed by atoms with E-state index in [0.29, 0.717) is 31.1 Å². The third-order valence-electron chi connectivity index (χ3n) is 4.04. The maximum Gasteiger partial charge on any atom is 0.227 e. The third kappa shape index (κ3) is 4.76. The van der Waals surface area contributed by atoms with Gasteiger partial charge in [-0.05, 0) is 11.5 Å². The average molecular weight is 335 g/mol. The van der Waals surface area contributed by atoms with Crippen molar-refractivity contribution in [3.8, 4) is 11.4 Å². The zero-order valence-electron chi connectivity index (χ0n) is 14.2. The molecule has 0 aliphatic heterocycles. The lowest BCUT2D eigenvalue weighted by Gasteiger charge is -2.12. The van der Waals surface area contributed by atoms with Gasteiger partial charge in [-0.2, -0.15) is 4.98 Å². The molecule has 2 aromatic carbocycles. The minimum absolute atomic E-state index is 0.0118. The summed E-state index contributed by atoms with van der Waals surface area (Å²) in [5.41, 5.74) is 2.12. The Bertz CT molecular complexity index is 800. The smallest absolute Gasteiger partial charge is 0.227 e.